The highest BCUT2D eigenvalue weighted by atomic mass is 35.5. The van der Waals surface area contributed by atoms with Crippen molar-refractivity contribution in [3.8, 4) is 0 Å². The van der Waals surface area contributed by atoms with Crippen LogP contribution in [0.5, 0.6) is 0 Å². The average molecular weight is 280 g/mol. The Hall–Kier alpha value is -0.590. The highest BCUT2D eigenvalue weighted by molar-refractivity contribution is 7.89. The molecule has 1 aromatic heterocycles. The molecule has 0 aliphatic rings. The van der Waals surface area contributed by atoms with E-state index in [9.17, 15) is 8.42 Å². The quantitative estimate of drug-likeness (QED) is 0.741. The topological polar surface area (TPSA) is 55.2 Å². The molecule has 0 saturated carbocycles. The highest BCUT2D eigenvalue weighted by Gasteiger charge is 2.28. The van der Waals surface area contributed by atoms with Crippen LogP contribution >= 0.6 is 11.6 Å². The minimum absolute atomic E-state index is 0.0864. The number of hydrogen-bond acceptors (Lipinski definition) is 3. The van der Waals surface area contributed by atoms with Crippen LogP contribution in [0, 0.1) is 0 Å². The minimum Gasteiger partial charge on any atom is -0.339 e. The Bertz CT molecular complexity index is 456. The number of sulfonamides is 1. The molecule has 17 heavy (non-hydrogen) atoms. The van der Waals surface area contributed by atoms with Gasteiger partial charge in [-0.05, 0) is 20.3 Å². The maximum Gasteiger partial charge on any atom is 0.262 e. The van der Waals surface area contributed by atoms with E-state index in [4.69, 9.17) is 11.6 Å². The number of nitrogens with zero attached hydrogens (tertiary/aromatic N) is 3. The third-order valence-electron chi connectivity index (χ3n) is 2.34. The Morgan fingerprint density at radius 1 is 1.53 bits per heavy atom. The molecule has 0 aliphatic heterocycles. The number of halogens is 1. The molecule has 0 aromatic carbocycles. The second-order valence-corrected chi connectivity index (χ2v) is 6.34. The predicted octanol–water partition coefficient (Wildman–Crippen LogP) is 1.45. The zero-order valence-electron chi connectivity index (χ0n) is 10.3. The molecule has 0 saturated heterocycles. The summed E-state index contributed by atoms with van der Waals surface area (Å²) in [6, 6.07) is -0.106. The van der Waals surface area contributed by atoms with Crippen molar-refractivity contribution < 1.29 is 8.42 Å². The first kappa shape index (κ1) is 14.5. The van der Waals surface area contributed by atoms with E-state index in [1.165, 1.54) is 16.8 Å². The molecule has 1 rings (SSSR count). The molecule has 1 heterocycles. The van der Waals surface area contributed by atoms with Crippen molar-refractivity contribution in [1.82, 2.24) is 13.9 Å². The first-order chi connectivity index (χ1) is 7.89. The molecular weight excluding hydrogens is 262 g/mol. The van der Waals surface area contributed by atoms with E-state index in [-0.39, 0.29) is 11.1 Å². The Morgan fingerprint density at radius 3 is 2.59 bits per heavy atom. The molecule has 0 bridgehead atoms. The van der Waals surface area contributed by atoms with E-state index >= 15 is 0 Å². The molecule has 0 spiro atoms. The maximum absolute atomic E-state index is 12.3. The second kappa shape index (κ2) is 5.84. The normalized spacial score (nSPS) is 12.6. The van der Waals surface area contributed by atoms with Gasteiger partial charge in [0, 0.05) is 31.7 Å². The van der Waals surface area contributed by atoms with Crippen LogP contribution in [0.3, 0.4) is 0 Å². The summed E-state index contributed by atoms with van der Waals surface area (Å²) in [5.41, 5.74) is 0. The van der Waals surface area contributed by atoms with Crippen molar-refractivity contribution in [3.05, 3.63) is 12.5 Å². The van der Waals surface area contributed by atoms with Crippen molar-refractivity contribution in [3.63, 3.8) is 0 Å². The monoisotopic (exact) mass is 279 g/mol. The zero-order valence-corrected chi connectivity index (χ0v) is 11.9. The van der Waals surface area contributed by atoms with Crippen LogP contribution in [0.25, 0.3) is 0 Å². The van der Waals surface area contributed by atoms with E-state index in [2.05, 4.69) is 4.98 Å². The van der Waals surface area contributed by atoms with E-state index in [1.807, 2.05) is 13.8 Å². The standard InChI is InChI=1S/C10H18ClN3O2S/c1-9(2)14(6-4-5-11)17(15,16)10-7-13(3)8-12-10/h7-9H,4-6H2,1-3H3. The molecular formula is C10H18ClN3O2S. The summed E-state index contributed by atoms with van der Waals surface area (Å²) >= 11 is 5.61. The van der Waals surface area contributed by atoms with Crippen LogP contribution in [0.4, 0.5) is 0 Å². The molecule has 5 nitrogen and oxygen atoms in total. The minimum atomic E-state index is -3.51. The van der Waals surface area contributed by atoms with Gasteiger partial charge >= 0.3 is 0 Å². The molecule has 0 fully saturated rings. The van der Waals surface area contributed by atoms with Gasteiger partial charge in [-0.25, -0.2) is 13.4 Å². The predicted molar refractivity (Wildman–Crippen MR) is 67.6 cm³/mol. The lowest BCUT2D eigenvalue weighted by atomic mass is 10.4. The molecule has 98 valence electrons. The number of alkyl halides is 1. The fourth-order valence-electron chi connectivity index (χ4n) is 1.51. The molecule has 0 radical (unpaired) electrons. The van der Waals surface area contributed by atoms with E-state index < -0.39 is 10.0 Å². The Labute approximate surface area is 107 Å². The van der Waals surface area contributed by atoms with Gasteiger partial charge < -0.3 is 4.57 Å². The van der Waals surface area contributed by atoms with Gasteiger partial charge in [0.2, 0.25) is 0 Å². The van der Waals surface area contributed by atoms with Gasteiger partial charge in [-0.3, -0.25) is 0 Å². The van der Waals surface area contributed by atoms with Crippen LogP contribution in [0.2, 0.25) is 0 Å². The summed E-state index contributed by atoms with van der Waals surface area (Å²) in [6.07, 6.45) is 3.62. The van der Waals surface area contributed by atoms with Gasteiger partial charge in [-0.1, -0.05) is 0 Å². The number of aromatic nitrogens is 2. The van der Waals surface area contributed by atoms with Gasteiger partial charge in [-0.2, -0.15) is 4.31 Å². The van der Waals surface area contributed by atoms with Crippen molar-refractivity contribution in [2.24, 2.45) is 7.05 Å². The van der Waals surface area contributed by atoms with E-state index in [1.54, 1.807) is 11.6 Å². The maximum atomic E-state index is 12.3. The second-order valence-electron chi connectivity index (χ2n) is 4.13. The molecule has 0 N–H and O–H groups in total. The van der Waals surface area contributed by atoms with Gasteiger partial charge in [0.15, 0.2) is 5.03 Å². The summed E-state index contributed by atoms with van der Waals surface area (Å²) in [7, 11) is -1.77. The molecule has 1 aromatic rings. The Kier molecular flexibility index (Phi) is 4.97. The first-order valence-corrected chi connectivity index (χ1v) is 7.43. The summed E-state index contributed by atoms with van der Waals surface area (Å²) in [6.45, 7) is 4.10. The van der Waals surface area contributed by atoms with Crippen LogP contribution in [0.15, 0.2) is 17.6 Å². The smallest absolute Gasteiger partial charge is 0.262 e. The third-order valence-corrected chi connectivity index (χ3v) is 4.57. The van der Waals surface area contributed by atoms with Crippen LogP contribution < -0.4 is 0 Å². The summed E-state index contributed by atoms with van der Waals surface area (Å²) in [5.74, 6) is 0.445. The molecule has 0 unspecified atom stereocenters. The SMILES string of the molecule is CC(C)N(CCCCl)S(=O)(=O)c1cn(C)cn1. The lowest BCUT2D eigenvalue weighted by Gasteiger charge is -2.24. The number of imidazole rings is 1. The van der Waals surface area contributed by atoms with Crippen molar-refractivity contribution in [1.29, 1.82) is 0 Å². The van der Waals surface area contributed by atoms with Crippen LogP contribution in [0.1, 0.15) is 20.3 Å². The number of aryl methyl sites for hydroxylation is 1. The van der Waals surface area contributed by atoms with Gasteiger partial charge in [-0.15, -0.1) is 11.6 Å². The van der Waals surface area contributed by atoms with Gasteiger partial charge in [0.25, 0.3) is 10.0 Å². The lowest BCUT2D eigenvalue weighted by molar-refractivity contribution is 0.353. The van der Waals surface area contributed by atoms with Gasteiger partial charge in [0.05, 0.1) is 6.33 Å². The molecule has 0 amide bonds. The van der Waals surface area contributed by atoms with Crippen molar-refractivity contribution in [2.45, 2.75) is 31.3 Å². The summed E-state index contributed by atoms with van der Waals surface area (Å²) in [5, 5.41) is 0.0864. The number of hydrogen-bond donors (Lipinski definition) is 0. The largest absolute Gasteiger partial charge is 0.339 e. The van der Waals surface area contributed by atoms with Crippen LogP contribution in [-0.2, 0) is 17.1 Å². The zero-order chi connectivity index (χ0) is 13.1. The van der Waals surface area contributed by atoms with Crippen molar-refractivity contribution in [2.75, 3.05) is 12.4 Å². The fraction of sp³-hybridized carbons (Fsp3) is 0.700. The van der Waals surface area contributed by atoms with E-state index in [0.717, 1.165) is 0 Å². The van der Waals surface area contributed by atoms with Crippen LogP contribution in [-0.4, -0.2) is 40.7 Å². The summed E-state index contributed by atoms with van der Waals surface area (Å²) < 4.78 is 27.6. The average Bonchev–Trinajstić information content (AvgIpc) is 2.65. The molecule has 7 heteroatoms. The highest BCUT2D eigenvalue weighted by Crippen LogP contribution is 2.16. The van der Waals surface area contributed by atoms with E-state index in [0.29, 0.717) is 18.8 Å². The Balaban J connectivity index is 3.00. The third kappa shape index (κ3) is 3.43. The fourth-order valence-corrected chi connectivity index (χ4v) is 3.28. The first-order valence-electron chi connectivity index (χ1n) is 5.45. The number of rotatable bonds is 6. The molecule has 0 aliphatic carbocycles. The Morgan fingerprint density at radius 2 is 2.18 bits per heavy atom. The summed E-state index contributed by atoms with van der Waals surface area (Å²) in [4.78, 5) is 3.90. The molecule has 0 atom stereocenters. The lowest BCUT2D eigenvalue weighted by Crippen LogP contribution is -2.38. The van der Waals surface area contributed by atoms with Crippen molar-refractivity contribution >= 4 is 21.6 Å². The van der Waals surface area contributed by atoms with Gasteiger partial charge in [0.1, 0.15) is 0 Å².